The Bertz CT molecular complexity index is 453. The number of fused-ring (bicyclic) bond motifs is 5. The molecule has 0 amide bonds. The summed E-state index contributed by atoms with van der Waals surface area (Å²) in [5.74, 6) is 2.06. The van der Waals surface area contributed by atoms with Crippen molar-refractivity contribution < 1.29 is 0 Å². The number of imidazole rings is 2. The molecule has 70 valence electrons. The maximum Gasteiger partial charge on any atom is 0.212 e. The van der Waals surface area contributed by atoms with Gasteiger partial charge in [0.2, 0.25) is 11.9 Å². The summed E-state index contributed by atoms with van der Waals surface area (Å²) in [5.41, 5.74) is 0. The van der Waals surface area contributed by atoms with Crippen molar-refractivity contribution in [3.05, 3.63) is 24.8 Å². The Labute approximate surface area is 80.6 Å². The molecule has 5 nitrogen and oxygen atoms in total. The van der Waals surface area contributed by atoms with E-state index in [1.165, 1.54) is 0 Å². The zero-order valence-corrected chi connectivity index (χ0v) is 7.54. The van der Waals surface area contributed by atoms with Crippen LogP contribution in [0.2, 0.25) is 0 Å². The molecule has 0 N–H and O–H groups in total. The maximum absolute atomic E-state index is 4.35. The van der Waals surface area contributed by atoms with Gasteiger partial charge >= 0.3 is 0 Å². The van der Waals surface area contributed by atoms with Crippen LogP contribution in [-0.4, -0.2) is 25.1 Å². The average molecular weight is 187 g/mol. The molecule has 0 unspecified atom stereocenters. The molecule has 2 aliphatic rings. The summed E-state index contributed by atoms with van der Waals surface area (Å²) in [5, 5.41) is 0. The Balaban J connectivity index is 1.95. The van der Waals surface area contributed by atoms with Gasteiger partial charge in [0.15, 0.2) is 0 Å². The first-order chi connectivity index (χ1) is 6.93. The van der Waals surface area contributed by atoms with Crippen LogP contribution in [0, 0.1) is 0 Å². The standard InChI is InChI=1S/C9H9N5/c1-3-12-5-7-6-13-4-2-11-9(13)14(7)8(12)10-1/h1-4,7H,5-6H2. The summed E-state index contributed by atoms with van der Waals surface area (Å²) in [7, 11) is 0. The molecule has 0 spiro atoms. The highest BCUT2D eigenvalue weighted by Gasteiger charge is 2.38. The summed E-state index contributed by atoms with van der Waals surface area (Å²) >= 11 is 0. The first-order valence-electron chi connectivity index (χ1n) is 4.75. The van der Waals surface area contributed by atoms with Gasteiger partial charge in [-0.15, -0.1) is 0 Å². The minimum absolute atomic E-state index is 0.516. The number of anilines is 2. The van der Waals surface area contributed by atoms with Gasteiger partial charge < -0.3 is 9.13 Å². The van der Waals surface area contributed by atoms with Crippen molar-refractivity contribution >= 4 is 11.9 Å². The molecule has 14 heavy (non-hydrogen) atoms. The monoisotopic (exact) mass is 187 g/mol. The van der Waals surface area contributed by atoms with Crippen molar-refractivity contribution in [1.29, 1.82) is 0 Å². The lowest BCUT2D eigenvalue weighted by molar-refractivity contribution is 0.579. The summed E-state index contributed by atoms with van der Waals surface area (Å²) in [4.78, 5) is 10.9. The first-order valence-corrected chi connectivity index (χ1v) is 4.75. The summed E-state index contributed by atoms with van der Waals surface area (Å²) in [6.45, 7) is 2.05. The second-order valence-electron chi connectivity index (χ2n) is 3.78. The number of aromatic nitrogens is 4. The van der Waals surface area contributed by atoms with E-state index < -0.39 is 0 Å². The van der Waals surface area contributed by atoms with Crippen molar-refractivity contribution in [3.63, 3.8) is 0 Å². The van der Waals surface area contributed by atoms with E-state index in [0.29, 0.717) is 6.04 Å². The van der Waals surface area contributed by atoms with Crippen molar-refractivity contribution in [2.45, 2.75) is 19.1 Å². The number of hydrogen-bond acceptors (Lipinski definition) is 3. The van der Waals surface area contributed by atoms with E-state index in [2.05, 4.69) is 24.0 Å². The number of rotatable bonds is 0. The second kappa shape index (κ2) is 2.00. The minimum Gasteiger partial charge on any atom is -0.315 e. The van der Waals surface area contributed by atoms with Crippen molar-refractivity contribution in [2.24, 2.45) is 0 Å². The fourth-order valence-electron chi connectivity index (χ4n) is 2.42. The Morgan fingerprint density at radius 2 is 1.57 bits per heavy atom. The van der Waals surface area contributed by atoms with Crippen LogP contribution in [0.1, 0.15) is 0 Å². The van der Waals surface area contributed by atoms with Crippen LogP contribution >= 0.6 is 0 Å². The predicted molar refractivity (Wildman–Crippen MR) is 50.4 cm³/mol. The zero-order chi connectivity index (χ0) is 9.12. The quantitative estimate of drug-likeness (QED) is 0.606. The molecular weight excluding hydrogens is 178 g/mol. The SMILES string of the molecule is c1cn2c(n1)N1c3nccn3CC1C2. The van der Waals surface area contributed by atoms with Crippen LogP contribution in [0.15, 0.2) is 24.8 Å². The Morgan fingerprint density at radius 3 is 2.14 bits per heavy atom. The fraction of sp³-hybridized carbons (Fsp3) is 0.333. The molecule has 5 heteroatoms. The average Bonchev–Trinajstić information content (AvgIpc) is 2.77. The van der Waals surface area contributed by atoms with Gasteiger partial charge in [0.05, 0.1) is 6.04 Å². The van der Waals surface area contributed by atoms with Crippen molar-refractivity contribution in [3.8, 4) is 0 Å². The lowest BCUT2D eigenvalue weighted by Crippen LogP contribution is -2.24. The smallest absolute Gasteiger partial charge is 0.212 e. The van der Waals surface area contributed by atoms with E-state index in [4.69, 9.17) is 0 Å². The van der Waals surface area contributed by atoms with Gasteiger partial charge in [0.25, 0.3) is 0 Å². The molecule has 2 aromatic heterocycles. The van der Waals surface area contributed by atoms with Crippen LogP contribution in [0.5, 0.6) is 0 Å². The maximum atomic E-state index is 4.35. The van der Waals surface area contributed by atoms with Crippen LogP contribution in [-0.2, 0) is 13.1 Å². The predicted octanol–water partition coefficient (Wildman–Crippen LogP) is 0.613. The molecule has 0 aromatic carbocycles. The molecule has 0 atom stereocenters. The molecule has 0 saturated carbocycles. The van der Waals surface area contributed by atoms with Gasteiger partial charge in [0.1, 0.15) is 0 Å². The normalized spacial score (nSPS) is 18.4. The van der Waals surface area contributed by atoms with Crippen molar-refractivity contribution in [1.82, 2.24) is 19.1 Å². The largest absolute Gasteiger partial charge is 0.315 e. The van der Waals surface area contributed by atoms with Crippen molar-refractivity contribution in [2.75, 3.05) is 4.90 Å². The summed E-state index contributed by atoms with van der Waals surface area (Å²) < 4.78 is 4.37. The van der Waals surface area contributed by atoms with E-state index in [-0.39, 0.29) is 0 Å². The molecule has 4 rings (SSSR count). The Morgan fingerprint density at radius 1 is 1.00 bits per heavy atom. The summed E-state index contributed by atoms with van der Waals surface area (Å²) in [6.07, 6.45) is 7.75. The Hall–Kier alpha value is -1.78. The molecule has 2 aliphatic heterocycles. The topological polar surface area (TPSA) is 38.9 Å². The van der Waals surface area contributed by atoms with Crippen LogP contribution < -0.4 is 4.90 Å². The van der Waals surface area contributed by atoms with E-state index in [1.54, 1.807) is 0 Å². The molecule has 0 bridgehead atoms. The van der Waals surface area contributed by atoms with E-state index in [1.807, 2.05) is 24.8 Å². The third kappa shape index (κ3) is 0.595. The van der Waals surface area contributed by atoms with Gasteiger partial charge in [-0.3, -0.25) is 4.90 Å². The van der Waals surface area contributed by atoms with Gasteiger partial charge in [-0.05, 0) is 0 Å². The minimum atomic E-state index is 0.516. The highest BCUT2D eigenvalue weighted by Crippen LogP contribution is 2.36. The van der Waals surface area contributed by atoms with Gasteiger partial charge in [-0.25, -0.2) is 9.97 Å². The Kier molecular flexibility index (Phi) is 0.948. The van der Waals surface area contributed by atoms with Crippen LogP contribution in [0.25, 0.3) is 0 Å². The zero-order valence-electron chi connectivity index (χ0n) is 7.54. The third-order valence-electron chi connectivity index (χ3n) is 3.00. The van der Waals surface area contributed by atoms with Gasteiger partial charge in [-0.2, -0.15) is 0 Å². The molecule has 0 aliphatic carbocycles. The molecule has 0 saturated heterocycles. The lowest BCUT2D eigenvalue weighted by Gasteiger charge is -2.12. The van der Waals surface area contributed by atoms with Gasteiger partial charge in [-0.1, -0.05) is 0 Å². The molecule has 0 radical (unpaired) electrons. The molecule has 0 fully saturated rings. The van der Waals surface area contributed by atoms with E-state index >= 15 is 0 Å². The molecule has 4 heterocycles. The second-order valence-corrected chi connectivity index (χ2v) is 3.78. The van der Waals surface area contributed by atoms with Crippen LogP contribution in [0.4, 0.5) is 11.9 Å². The molecule has 2 aromatic rings. The fourth-order valence-corrected chi connectivity index (χ4v) is 2.42. The number of hydrogen-bond donors (Lipinski definition) is 0. The van der Waals surface area contributed by atoms with E-state index in [0.717, 1.165) is 25.0 Å². The van der Waals surface area contributed by atoms with Gasteiger partial charge in [0, 0.05) is 37.9 Å². The molecular formula is C9H9N5. The first kappa shape index (κ1) is 6.64. The highest BCUT2D eigenvalue weighted by atomic mass is 15.5. The summed E-state index contributed by atoms with van der Waals surface area (Å²) in [6, 6.07) is 0.516. The third-order valence-corrected chi connectivity index (χ3v) is 3.00. The number of nitrogens with zero attached hydrogens (tertiary/aromatic N) is 5. The van der Waals surface area contributed by atoms with Crippen LogP contribution in [0.3, 0.4) is 0 Å². The lowest BCUT2D eigenvalue weighted by atomic mass is 10.3. The highest BCUT2D eigenvalue weighted by molar-refractivity contribution is 5.56. The van der Waals surface area contributed by atoms with E-state index in [9.17, 15) is 0 Å².